The number of sulfonamides is 1. The number of ether oxygens (including phenoxy) is 2. The summed E-state index contributed by atoms with van der Waals surface area (Å²) in [7, 11) is -0.655. The van der Waals surface area contributed by atoms with Crippen molar-refractivity contribution in [3.63, 3.8) is 0 Å². The topological polar surface area (TPSA) is 84.5 Å². The highest BCUT2D eigenvalue weighted by Crippen LogP contribution is 2.36. The lowest BCUT2D eigenvalue weighted by atomic mass is 10.0. The van der Waals surface area contributed by atoms with Crippen molar-refractivity contribution >= 4 is 20.9 Å². The Morgan fingerprint density at radius 2 is 1.68 bits per heavy atom. The van der Waals surface area contributed by atoms with Crippen LogP contribution in [0.4, 0.5) is 0 Å². The first-order valence-electron chi connectivity index (χ1n) is 9.77. The Labute approximate surface area is 180 Å². The van der Waals surface area contributed by atoms with Crippen LogP contribution < -0.4 is 9.47 Å². The van der Waals surface area contributed by atoms with E-state index in [2.05, 4.69) is 10.2 Å². The van der Waals surface area contributed by atoms with Crippen molar-refractivity contribution in [3.8, 4) is 22.6 Å². The number of methoxy groups -OCH3 is 2. The number of nitrogens with zero attached hydrogens (tertiary/aromatic N) is 2. The van der Waals surface area contributed by atoms with Crippen LogP contribution in [-0.2, 0) is 23.1 Å². The van der Waals surface area contributed by atoms with E-state index in [1.54, 1.807) is 25.4 Å². The number of fused-ring (bicyclic) bond motifs is 2. The molecule has 0 saturated carbocycles. The summed E-state index contributed by atoms with van der Waals surface area (Å²) in [5.74, 6) is 1.04. The molecule has 2 heterocycles. The van der Waals surface area contributed by atoms with Gasteiger partial charge in [0.1, 0.15) is 16.4 Å². The zero-order chi connectivity index (χ0) is 21.6. The molecule has 0 unspecified atom stereocenters. The maximum Gasteiger partial charge on any atom is 0.247 e. The minimum atomic E-state index is -3.74. The molecule has 1 aliphatic rings. The lowest BCUT2D eigenvalue weighted by Crippen LogP contribution is -2.26. The molecular formula is C23H21N3O4S. The van der Waals surface area contributed by atoms with Gasteiger partial charge in [0.15, 0.2) is 0 Å². The number of aromatic amines is 1. The Hall–Kier alpha value is -3.36. The van der Waals surface area contributed by atoms with E-state index in [0.717, 1.165) is 38.9 Å². The summed E-state index contributed by atoms with van der Waals surface area (Å²) in [4.78, 5) is 0.155. The fraction of sp³-hybridized carbons (Fsp3) is 0.174. The van der Waals surface area contributed by atoms with Gasteiger partial charge in [-0.3, -0.25) is 5.10 Å². The Morgan fingerprint density at radius 1 is 0.903 bits per heavy atom. The molecule has 1 aliphatic heterocycles. The van der Waals surface area contributed by atoms with Gasteiger partial charge in [-0.15, -0.1) is 0 Å². The molecule has 0 spiro atoms. The number of rotatable bonds is 5. The minimum Gasteiger partial charge on any atom is -0.497 e. The van der Waals surface area contributed by atoms with Gasteiger partial charge < -0.3 is 9.47 Å². The number of H-pyrrole nitrogens is 1. The molecule has 31 heavy (non-hydrogen) atoms. The Balaban J connectivity index is 1.49. The van der Waals surface area contributed by atoms with E-state index in [0.29, 0.717) is 18.8 Å². The molecule has 0 atom stereocenters. The van der Waals surface area contributed by atoms with Gasteiger partial charge in [-0.05, 0) is 58.7 Å². The molecule has 4 aromatic rings. The number of hydrogen-bond acceptors (Lipinski definition) is 5. The van der Waals surface area contributed by atoms with E-state index in [9.17, 15) is 8.42 Å². The second-order valence-electron chi connectivity index (χ2n) is 7.45. The van der Waals surface area contributed by atoms with Crippen molar-refractivity contribution in [1.82, 2.24) is 14.5 Å². The summed E-state index contributed by atoms with van der Waals surface area (Å²) < 4.78 is 39.1. The van der Waals surface area contributed by atoms with Crippen LogP contribution in [0.25, 0.3) is 22.0 Å². The van der Waals surface area contributed by atoms with Crippen LogP contribution in [0, 0.1) is 0 Å². The van der Waals surface area contributed by atoms with Crippen LogP contribution in [0.1, 0.15) is 11.1 Å². The van der Waals surface area contributed by atoms with Crippen molar-refractivity contribution in [3.05, 3.63) is 71.9 Å². The van der Waals surface area contributed by atoms with Crippen molar-refractivity contribution in [2.24, 2.45) is 0 Å². The standard InChI is InChI=1S/C23H21N3O4S/c1-29-20-6-3-17-13-26(14-19(17)10-20)31(27,28)23-8-5-16(11-22(23)30-2)15-4-7-21-18(9-15)12-24-25-21/h3-12H,13-14H2,1-2H3,(H,24,25). The molecule has 1 aromatic heterocycles. The maximum atomic E-state index is 13.4. The highest BCUT2D eigenvalue weighted by molar-refractivity contribution is 7.89. The average molecular weight is 436 g/mol. The third-order valence-corrected chi connectivity index (χ3v) is 7.49. The van der Waals surface area contributed by atoms with E-state index in [1.807, 2.05) is 42.5 Å². The number of benzene rings is 3. The van der Waals surface area contributed by atoms with Gasteiger partial charge in [-0.25, -0.2) is 8.42 Å². The van der Waals surface area contributed by atoms with Gasteiger partial charge in [-0.2, -0.15) is 9.40 Å². The summed E-state index contributed by atoms with van der Waals surface area (Å²) in [6, 6.07) is 16.8. The SMILES string of the molecule is COc1ccc2c(c1)CN(S(=O)(=O)c1ccc(-c3ccc4[nH]ncc4c3)cc1OC)C2. The van der Waals surface area contributed by atoms with Crippen LogP contribution in [-0.4, -0.2) is 37.1 Å². The summed E-state index contributed by atoms with van der Waals surface area (Å²) in [6.45, 7) is 0.626. The summed E-state index contributed by atoms with van der Waals surface area (Å²) >= 11 is 0. The second kappa shape index (κ2) is 7.40. The highest BCUT2D eigenvalue weighted by atomic mass is 32.2. The largest absolute Gasteiger partial charge is 0.497 e. The number of aromatic nitrogens is 2. The van der Waals surface area contributed by atoms with Crippen molar-refractivity contribution in [2.45, 2.75) is 18.0 Å². The molecule has 0 amide bonds. The Bertz CT molecular complexity index is 1400. The molecule has 0 fully saturated rings. The molecule has 1 N–H and O–H groups in total. The van der Waals surface area contributed by atoms with E-state index in [-0.39, 0.29) is 4.90 Å². The quantitative estimate of drug-likeness (QED) is 0.513. The van der Waals surface area contributed by atoms with Crippen molar-refractivity contribution < 1.29 is 17.9 Å². The molecule has 0 aliphatic carbocycles. The summed E-state index contributed by atoms with van der Waals surface area (Å²) in [5.41, 5.74) is 4.70. The Kier molecular flexibility index (Phi) is 4.68. The first-order chi connectivity index (χ1) is 15.0. The summed E-state index contributed by atoms with van der Waals surface area (Å²) in [6.07, 6.45) is 1.76. The lowest BCUT2D eigenvalue weighted by Gasteiger charge is -2.18. The zero-order valence-corrected chi connectivity index (χ0v) is 17.9. The third kappa shape index (κ3) is 3.34. The van der Waals surface area contributed by atoms with Crippen LogP contribution in [0.5, 0.6) is 11.5 Å². The second-order valence-corrected chi connectivity index (χ2v) is 9.35. The average Bonchev–Trinajstić information content (AvgIpc) is 3.44. The molecule has 158 valence electrons. The number of hydrogen-bond donors (Lipinski definition) is 1. The normalized spacial score (nSPS) is 14.0. The van der Waals surface area contributed by atoms with E-state index in [1.165, 1.54) is 11.4 Å². The van der Waals surface area contributed by atoms with Gasteiger partial charge >= 0.3 is 0 Å². The van der Waals surface area contributed by atoms with Crippen LogP contribution in [0.3, 0.4) is 0 Å². The van der Waals surface area contributed by atoms with Gasteiger partial charge in [0.25, 0.3) is 0 Å². The minimum absolute atomic E-state index is 0.155. The fourth-order valence-electron chi connectivity index (χ4n) is 3.96. The zero-order valence-electron chi connectivity index (χ0n) is 17.1. The van der Waals surface area contributed by atoms with Gasteiger partial charge in [-0.1, -0.05) is 18.2 Å². The molecule has 7 nitrogen and oxygen atoms in total. The van der Waals surface area contributed by atoms with Gasteiger partial charge in [0, 0.05) is 18.5 Å². The molecule has 0 saturated heterocycles. The van der Waals surface area contributed by atoms with Crippen LogP contribution >= 0.6 is 0 Å². The monoisotopic (exact) mass is 435 g/mol. The highest BCUT2D eigenvalue weighted by Gasteiger charge is 2.33. The Morgan fingerprint density at radius 3 is 2.48 bits per heavy atom. The molecule has 8 heteroatoms. The lowest BCUT2D eigenvalue weighted by molar-refractivity contribution is 0.393. The van der Waals surface area contributed by atoms with Gasteiger partial charge in [0.2, 0.25) is 10.0 Å². The van der Waals surface area contributed by atoms with E-state index < -0.39 is 10.0 Å². The molecule has 3 aromatic carbocycles. The first kappa shape index (κ1) is 19.6. The predicted molar refractivity (Wildman–Crippen MR) is 118 cm³/mol. The van der Waals surface area contributed by atoms with Crippen LogP contribution in [0.15, 0.2) is 65.7 Å². The third-order valence-electron chi connectivity index (χ3n) is 5.66. The number of nitrogens with one attached hydrogen (secondary N) is 1. The molecular weight excluding hydrogens is 414 g/mol. The molecule has 5 rings (SSSR count). The van der Waals surface area contributed by atoms with Crippen LogP contribution in [0.2, 0.25) is 0 Å². The van der Waals surface area contributed by atoms with E-state index in [4.69, 9.17) is 9.47 Å². The first-order valence-corrected chi connectivity index (χ1v) is 11.2. The van der Waals surface area contributed by atoms with E-state index >= 15 is 0 Å². The molecule has 0 radical (unpaired) electrons. The molecule has 0 bridgehead atoms. The van der Waals surface area contributed by atoms with Gasteiger partial charge in [0.05, 0.1) is 25.9 Å². The van der Waals surface area contributed by atoms with Crippen molar-refractivity contribution in [1.29, 1.82) is 0 Å². The predicted octanol–water partition coefficient (Wildman–Crippen LogP) is 3.95. The smallest absolute Gasteiger partial charge is 0.247 e. The summed E-state index contributed by atoms with van der Waals surface area (Å²) in [5, 5.41) is 7.96. The van der Waals surface area contributed by atoms with Crippen molar-refractivity contribution in [2.75, 3.05) is 14.2 Å². The fourth-order valence-corrected chi connectivity index (χ4v) is 5.49. The maximum absolute atomic E-state index is 13.4.